The van der Waals surface area contributed by atoms with Gasteiger partial charge in [-0.15, -0.1) is 13.2 Å². The quantitative estimate of drug-likeness (QED) is 0.625. The number of hydrogen-bond acceptors (Lipinski definition) is 3. The van der Waals surface area contributed by atoms with E-state index < -0.39 is 13.2 Å². The van der Waals surface area contributed by atoms with Crippen molar-refractivity contribution in [2.45, 2.75) is 25.2 Å². The Morgan fingerprint density at radius 2 is 1.77 bits per heavy atom. The summed E-state index contributed by atoms with van der Waals surface area (Å²) in [6, 6.07) is 11.9. The third-order valence-corrected chi connectivity index (χ3v) is 6.44. The first-order valence-electron chi connectivity index (χ1n) is 9.06. The maximum Gasteiger partial charge on any atom is 0.573 e. The number of nitrogens with one attached hydrogen (secondary N) is 1. The van der Waals surface area contributed by atoms with E-state index >= 15 is 0 Å². The number of carbonyl (C=O) groups is 1. The number of halogens is 4. The van der Waals surface area contributed by atoms with Crippen molar-refractivity contribution in [1.82, 2.24) is 9.99 Å². The molecule has 0 bridgehead atoms. The topological polar surface area (TPSA) is 78.9 Å². The monoisotopic (exact) mass is 462 g/mol. The van der Waals surface area contributed by atoms with E-state index in [9.17, 15) is 27.4 Å². The minimum atomic E-state index is -4.76. The molecule has 0 aromatic heterocycles. The largest absolute Gasteiger partial charge is 0.573 e. The van der Waals surface area contributed by atoms with E-state index in [-0.39, 0.29) is 17.7 Å². The number of carbonyl (C=O) groups excluding carboxylic acids is 1. The average Bonchev–Trinajstić information content (AvgIpc) is 2.67. The van der Waals surface area contributed by atoms with Crippen molar-refractivity contribution in [1.29, 1.82) is 0 Å². The Hall–Kier alpha value is -2.06. The van der Waals surface area contributed by atoms with Crippen LogP contribution < -0.4 is 10.1 Å². The molecule has 1 unspecified atom stereocenters. The molecule has 0 spiro atoms. The highest BCUT2D eigenvalue weighted by atomic mass is 35.7. The number of nitrogens with zero attached hydrogens (tertiary/aromatic N) is 1. The lowest BCUT2D eigenvalue weighted by Gasteiger charge is -2.32. The molecule has 11 heteroatoms. The third-order valence-electron chi connectivity index (χ3n) is 4.70. The lowest BCUT2D eigenvalue weighted by molar-refractivity contribution is -0.274. The van der Waals surface area contributed by atoms with Crippen molar-refractivity contribution < 1.29 is 32.2 Å². The van der Waals surface area contributed by atoms with Crippen LogP contribution in [0, 0.1) is 0 Å². The molecule has 1 amide bonds. The second-order valence-corrected chi connectivity index (χ2v) is 9.66. The number of ether oxygens (including phenoxy) is 1. The summed E-state index contributed by atoms with van der Waals surface area (Å²) in [5.41, 5.74) is 1.70. The van der Waals surface area contributed by atoms with Crippen molar-refractivity contribution in [2.24, 2.45) is 0 Å². The molecule has 1 aliphatic rings. The lowest BCUT2D eigenvalue weighted by atomic mass is 10.0. The number of amides is 1. The van der Waals surface area contributed by atoms with Crippen LogP contribution in [-0.4, -0.2) is 41.0 Å². The normalized spacial score (nSPS) is 17.9. The zero-order valence-electron chi connectivity index (χ0n) is 15.6. The average molecular weight is 463 g/mol. The minimum absolute atomic E-state index is 0.153. The SMILES string of the molecule is O=C(NC1CCN(P(=O)(O)Cl)CC1)c1cccc(-c2ccc(OC(F)(F)F)cc2)c1. The lowest BCUT2D eigenvalue weighted by Crippen LogP contribution is -2.43. The van der Waals surface area contributed by atoms with Gasteiger partial charge in [-0.2, -0.15) is 0 Å². The van der Waals surface area contributed by atoms with Crippen LogP contribution in [-0.2, 0) is 4.57 Å². The summed E-state index contributed by atoms with van der Waals surface area (Å²) in [4.78, 5) is 22.0. The predicted molar refractivity (Wildman–Crippen MR) is 106 cm³/mol. The van der Waals surface area contributed by atoms with E-state index in [1.807, 2.05) is 0 Å². The second kappa shape index (κ2) is 8.98. The zero-order valence-corrected chi connectivity index (χ0v) is 17.3. The number of alkyl halides is 3. The van der Waals surface area contributed by atoms with Gasteiger partial charge in [0.05, 0.1) is 0 Å². The van der Waals surface area contributed by atoms with Crippen LogP contribution in [0.3, 0.4) is 0 Å². The smallest absolute Gasteiger partial charge is 0.406 e. The predicted octanol–water partition coefficient (Wildman–Crippen LogP) is 4.79. The van der Waals surface area contributed by atoms with E-state index in [1.54, 1.807) is 24.3 Å². The summed E-state index contributed by atoms with van der Waals surface area (Å²) < 4.78 is 53.5. The molecular weight excluding hydrogens is 444 g/mol. The molecule has 1 atom stereocenters. The minimum Gasteiger partial charge on any atom is -0.406 e. The Balaban J connectivity index is 1.64. The van der Waals surface area contributed by atoms with Crippen LogP contribution in [0.1, 0.15) is 23.2 Å². The molecule has 2 aromatic carbocycles. The summed E-state index contributed by atoms with van der Waals surface area (Å²) in [5, 5.41) is 2.90. The van der Waals surface area contributed by atoms with Gasteiger partial charge in [0.25, 0.3) is 5.91 Å². The Kier molecular flexibility index (Phi) is 6.77. The van der Waals surface area contributed by atoms with Crippen molar-refractivity contribution in [3.63, 3.8) is 0 Å². The molecule has 0 saturated carbocycles. The molecule has 0 aliphatic carbocycles. The summed E-state index contributed by atoms with van der Waals surface area (Å²) in [7, 11) is 0. The Bertz CT molecular complexity index is 942. The molecule has 1 fully saturated rings. The molecule has 1 heterocycles. The summed E-state index contributed by atoms with van der Waals surface area (Å²) in [6.07, 6.45) is -3.78. The second-order valence-electron chi connectivity index (χ2n) is 6.83. The first kappa shape index (κ1) is 22.6. The molecular formula is C19H19ClF3N2O4P. The molecule has 162 valence electrons. The molecule has 3 rings (SSSR count). The molecule has 6 nitrogen and oxygen atoms in total. The fourth-order valence-electron chi connectivity index (χ4n) is 3.21. The van der Waals surface area contributed by atoms with Crippen LogP contribution >= 0.6 is 18.1 Å². The zero-order chi connectivity index (χ0) is 21.9. The summed E-state index contributed by atoms with van der Waals surface area (Å²) in [6.45, 7) is -3.19. The molecule has 1 saturated heterocycles. The maximum atomic E-state index is 12.6. The molecule has 1 aliphatic heterocycles. The fraction of sp³-hybridized carbons (Fsp3) is 0.316. The van der Waals surface area contributed by atoms with Crippen LogP contribution in [0.5, 0.6) is 5.75 Å². The van der Waals surface area contributed by atoms with E-state index in [0.717, 1.165) is 0 Å². The van der Waals surface area contributed by atoms with Gasteiger partial charge in [0, 0.05) is 24.7 Å². The third kappa shape index (κ3) is 6.22. The van der Waals surface area contributed by atoms with Gasteiger partial charge in [-0.3, -0.25) is 9.36 Å². The Labute approximate surface area is 175 Å². The standard InChI is InChI=1S/C19H19ClF3N2O4P/c20-30(27,28)25-10-8-16(9-11-25)24-18(26)15-3-1-2-14(12-15)13-4-6-17(7-5-13)29-19(21,22)23/h1-7,12,16H,8-11H2,(H,24,26)(H,27,28). The van der Waals surface area contributed by atoms with Crippen molar-refractivity contribution >= 4 is 24.0 Å². The number of rotatable bonds is 5. The van der Waals surface area contributed by atoms with Crippen LogP contribution in [0.4, 0.5) is 13.2 Å². The fourth-order valence-corrected chi connectivity index (χ4v) is 4.39. The van der Waals surface area contributed by atoms with Gasteiger partial charge in [0.15, 0.2) is 0 Å². The van der Waals surface area contributed by atoms with Gasteiger partial charge in [0.2, 0.25) is 0 Å². The highest BCUT2D eigenvalue weighted by molar-refractivity contribution is 7.82. The van der Waals surface area contributed by atoms with E-state index in [1.165, 1.54) is 28.9 Å². The highest BCUT2D eigenvalue weighted by Gasteiger charge is 2.31. The first-order chi connectivity index (χ1) is 14.0. The molecule has 2 aromatic rings. The number of piperidine rings is 1. The van der Waals surface area contributed by atoms with E-state index in [0.29, 0.717) is 42.6 Å². The van der Waals surface area contributed by atoms with Gasteiger partial charge in [0.1, 0.15) is 5.75 Å². The van der Waals surface area contributed by atoms with E-state index in [4.69, 9.17) is 11.2 Å². The van der Waals surface area contributed by atoms with Gasteiger partial charge in [-0.05, 0) is 59.5 Å². The Morgan fingerprint density at radius 1 is 1.13 bits per heavy atom. The van der Waals surface area contributed by atoms with Crippen LogP contribution in [0.2, 0.25) is 0 Å². The molecule has 30 heavy (non-hydrogen) atoms. The molecule has 0 radical (unpaired) electrons. The maximum absolute atomic E-state index is 12.6. The van der Waals surface area contributed by atoms with Gasteiger partial charge in [-0.1, -0.05) is 24.3 Å². The van der Waals surface area contributed by atoms with Crippen LogP contribution in [0.25, 0.3) is 11.1 Å². The summed E-state index contributed by atoms with van der Waals surface area (Å²) in [5.74, 6) is -0.624. The highest BCUT2D eigenvalue weighted by Crippen LogP contribution is 2.51. The Morgan fingerprint density at radius 3 is 2.33 bits per heavy atom. The van der Waals surface area contributed by atoms with E-state index in [2.05, 4.69) is 10.1 Å². The first-order valence-corrected chi connectivity index (χ1v) is 11.6. The van der Waals surface area contributed by atoms with Gasteiger partial charge >= 0.3 is 13.2 Å². The number of benzene rings is 2. The van der Waals surface area contributed by atoms with Gasteiger partial charge in [-0.25, -0.2) is 4.67 Å². The van der Waals surface area contributed by atoms with Crippen molar-refractivity contribution in [2.75, 3.05) is 13.1 Å². The van der Waals surface area contributed by atoms with Crippen LogP contribution in [0.15, 0.2) is 48.5 Å². The van der Waals surface area contributed by atoms with Crippen molar-refractivity contribution in [3.05, 3.63) is 54.1 Å². The van der Waals surface area contributed by atoms with Gasteiger partial charge < -0.3 is 14.9 Å². The number of hydrogen-bond donors (Lipinski definition) is 2. The molecule has 2 N–H and O–H groups in total. The van der Waals surface area contributed by atoms with Crippen molar-refractivity contribution in [3.8, 4) is 16.9 Å². The summed E-state index contributed by atoms with van der Waals surface area (Å²) >= 11 is 5.46.